The van der Waals surface area contributed by atoms with Crippen LogP contribution in [0.2, 0.25) is 0 Å². The van der Waals surface area contributed by atoms with Crippen LogP contribution < -0.4 is 5.32 Å². The fraction of sp³-hybridized carbons (Fsp3) is 0.846. The van der Waals surface area contributed by atoms with E-state index in [1.54, 1.807) is 0 Å². The number of amides is 1. The van der Waals surface area contributed by atoms with Gasteiger partial charge in [0.05, 0.1) is 6.07 Å². The molecule has 2 aliphatic rings. The molecule has 94 valence electrons. The molecule has 2 fully saturated rings. The van der Waals surface area contributed by atoms with E-state index in [0.717, 1.165) is 12.8 Å². The first kappa shape index (κ1) is 12.2. The molecule has 0 aliphatic heterocycles. The highest BCUT2D eigenvalue weighted by molar-refractivity contribution is 5.70. The summed E-state index contributed by atoms with van der Waals surface area (Å²) in [5.41, 5.74) is -0.841. The van der Waals surface area contributed by atoms with Crippen molar-refractivity contribution in [1.29, 1.82) is 5.26 Å². The van der Waals surface area contributed by atoms with Crippen molar-refractivity contribution in [2.45, 2.75) is 64.0 Å². The van der Waals surface area contributed by atoms with Crippen molar-refractivity contribution in [3.05, 3.63) is 0 Å². The number of nitrogens with one attached hydrogen (secondary N) is 1. The first-order valence-electron chi connectivity index (χ1n) is 6.21. The van der Waals surface area contributed by atoms with Gasteiger partial charge in [0, 0.05) is 0 Å². The number of nitriles is 1. The van der Waals surface area contributed by atoms with Gasteiger partial charge in [-0.05, 0) is 51.9 Å². The van der Waals surface area contributed by atoms with Crippen molar-refractivity contribution in [1.82, 2.24) is 5.32 Å². The quantitative estimate of drug-likeness (QED) is 0.761. The summed E-state index contributed by atoms with van der Waals surface area (Å²) < 4.78 is 5.19. The Hall–Kier alpha value is -1.24. The van der Waals surface area contributed by atoms with Crippen molar-refractivity contribution < 1.29 is 9.53 Å². The van der Waals surface area contributed by atoms with Crippen LogP contribution in [0.1, 0.15) is 52.9 Å². The molecule has 2 rings (SSSR count). The van der Waals surface area contributed by atoms with E-state index < -0.39 is 17.2 Å². The van der Waals surface area contributed by atoms with E-state index in [1.807, 2.05) is 20.8 Å². The number of rotatable bonds is 1. The van der Waals surface area contributed by atoms with E-state index in [9.17, 15) is 10.1 Å². The number of hydrogen-bond donors (Lipinski definition) is 1. The van der Waals surface area contributed by atoms with Crippen molar-refractivity contribution in [2.24, 2.45) is 5.41 Å². The molecule has 17 heavy (non-hydrogen) atoms. The summed E-state index contributed by atoms with van der Waals surface area (Å²) in [5, 5.41) is 12.0. The maximum Gasteiger partial charge on any atom is 0.408 e. The molecule has 1 spiro atoms. The summed E-state index contributed by atoms with van der Waals surface area (Å²) in [6, 6.07) is 2.24. The third kappa shape index (κ3) is 2.38. The molecule has 2 aliphatic carbocycles. The number of carbonyl (C=O) groups is 1. The van der Waals surface area contributed by atoms with Crippen LogP contribution in [-0.2, 0) is 4.74 Å². The molecule has 0 saturated heterocycles. The number of ether oxygens (including phenoxy) is 1. The zero-order valence-electron chi connectivity index (χ0n) is 10.8. The molecule has 0 heterocycles. The van der Waals surface area contributed by atoms with Gasteiger partial charge in [0.25, 0.3) is 0 Å². The van der Waals surface area contributed by atoms with Crippen LogP contribution in [0.5, 0.6) is 0 Å². The van der Waals surface area contributed by atoms with Gasteiger partial charge in [-0.3, -0.25) is 0 Å². The highest BCUT2D eigenvalue weighted by atomic mass is 16.6. The average Bonchev–Trinajstić information content (AvgIpc) is 2.04. The number of hydrogen-bond acceptors (Lipinski definition) is 3. The molecule has 0 aromatic heterocycles. The molecule has 2 saturated carbocycles. The van der Waals surface area contributed by atoms with E-state index >= 15 is 0 Å². The fourth-order valence-electron chi connectivity index (χ4n) is 2.95. The topological polar surface area (TPSA) is 62.1 Å². The molecule has 0 aromatic rings. The second-order valence-corrected chi connectivity index (χ2v) is 6.53. The highest BCUT2D eigenvalue weighted by Gasteiger charge is 2.58. The summed E-state index contributed by atoms with van der Waals surface area (Å²) in [5.74, 6) is 0. The van der Waals surface area contributed by atoms with Gasteiger partial charge in [-0.15, -0.1) is 0 Å². The van der Waals surface area contributed by atoms with E-state index in [1.165, 1.54) is 19.3 Å². The van der Waals surface area contributed by atoms with Gasteiger partial charge in [-0.2, -0.15) is 5.26 Å². The smallest absolute Gasteiger partial charge is 0.408 e. The summed E-state index contributed by atoms with van der Waals surface area (Å²) in [7, 11) is 0. The van der Waals surface area contributed by atoms with Crippen molar-refractivity contribution >= 4 is 6.09 Å². The van der Waals surface area contributed by atoms with Gasteiger partial charge >= 0.3 is 6.09 Å². The normalized spacial score (nSPS) is 24.1. The Morgan fingerprint density at radius 3 is 2.29 bits per heavy atom. The molecule has 4 nitrogen and oxygen atoms in total. The van der Waals surface area contributed by atoms with Crippen LogP contribution in [0, 0.1) is 16.7 Å². The summed E-state index contributed by atoms with van der Waals surface area (Å²) >= 11 is 0. The van der Waals surface area contributed by atoms with Crippen molar-refractivity contribution in [2.75, 3.05) is 0 Å². The second-order valence-electron chi connectivity index (χ2n) is 6.53. The Bertz CT molecular complexity index is 364. The van der Waals surface area contributed by atoms with Crippen LogP contribution in [0.15, 0.2) is 0 Å². The largest absolute Gasteiger partial charge is 0.444 e. The molecule has 1 N–H and O–H groups in total. The standard InChI is InChI=1S/C13H20N2O2/c1-11(2,3)17-10(16)15-13(9-14)7-12(8-13)5-4-6-12/h4-8H2,1-3H3,(H,15,16). The van der Waals surface area contributed by atoms with Gasteiger partial charge in [0.15, 0.2) is 0 Å². The van der Waals surface area contributed by atoms with Crippen LogP contribution in [0.4, 0.5) is 4.79 Å². The van der Waals surface area contributed by atoms with Gasteiger partial charge in [0.2, 0.25) is 0 Å². The minimum atomic E-state index is -0.678. The molecule has 0 unspecified atom stereocenters. The van der Waals surface area contributed by atoms with Crippen LogP contribution in [-0.4, -0.2) is 17.2 Å². The maximum absolute atomic E-state index is 11.7. The van der Waals surface area contributed by atoms with Crippen molar-refractivity contribution in [3.63, 3.8) is 0 Å². The Morgan fingerprint density at radius 2 is 1.94 bits per heavy atom. The van der Waals surface area contributed by atoms with Crippen LogP contribution >= 0.6 is 0 Å². The lowest BCUT2D eigenvalue weighted by Gasteiger charge is -2.57. The van der Waals surface area contributed by atoms with E-state index in [0.29, 0.717) is 5.41 Å². The van der Waals surface area contributed by atoms with E-state index in [4.69, 9.17) is 4.74 Å². The lowest BCUT2D eigenvalue weighted by atomic mass is 9.49. The maximum atomic E-state index is 11.7. The Kier molecular flexibility index (Phi) is 2.61. The molecular weight excluding hydrogens is 216 g/mol. The minimum Gasteiger partial charge on any atom is -0.444 e. The average molecular weight is 236 g/mol. The van der Waals surface area contributed by atoms with Gasteiger partial charge in [-0.25, -0.2) is 4.79 Å². The van der Waals surface area contributed by atoms with Crippen molar-refractivity contribution in [3.8, 4) is 6.07 Å². The Morgan fingerprint density at radius 1 is 1.35 bits per heavy atom. The minimum absolute atomic E-state index is 0.352. The molecule has 0 bridgehead atoms. The lowest BCUT2D eigenvalue weighted by Crippen LogP contribution is -2.63. The first-order valence-corrected chi connectivity index (χ1v) is 6.21. The lowest BCUT2D eigenvalue weighted by molar-refractivity contribution is -0.0389. The third-order valence-corrected chi connectivity index (χ3v) is 3.72. The first-order chi connectivity index (χ1) is 7.78. The highest BCUT2D eigenvalue weighted by Crippen LogP contribution is 2.60. The zero-order valence-corrected chi connectivity index (χ0v) is 10.8. The number of nitrogens with zero attached hydrogens (tertiary/aromatic N) is 1. The Balaban J connectivity index is 1.89. The summed E-state index contributed by atoms with van der Waals surface area (Å²) in [4.78, 5) is 11.7. The summed E-state index contributed by atoms with van der Waals surface area (Å²) in [6.45, 7) is 5.46. The molecule has 4 heteroatoms. The van der Waals surface area contributed by atoms with E-state index in [-0.39, 0.29) is 0 Å². The predicted octanol–water partition coefficient (Wildman–Crippen LogP) is 2.74. The fourth-order valence-corrected chi connectivity index (χ4v) is 2.95. The van der Waals surface area contributed by atoms with Gasteiger partial charge in [0.1, 0.15) is 11.1 Å². The zero-order chi connectivity index (χ0) is 12.7. The second kappa shape index (κ2) is 3.63. The molecule has 0 radical (unpaired) electrons. The predicted molar refractivity (Wildman–Crippen MR) is 63.2 cm³/mol. The Labute approximate surface area is 102 Å². The number of carbonyl (C=O) groups excluding carboxylic acids is 1. The van der Waals surface area contributed by atoms with Crippen LogP contribution in [0.3, 0.4) is 0 Å². The molecular formula is C13H20N2O2. The number of alkyl carbamates (subject to hydrolysis) is 1. The third-order valence-electron chi connectivity index (χ3n) is 3.72. The SMILES string of the molecule is CC(C)(C)OC(=O)NC1(C#N)CC2(CCC2)C1. The molecule has 0 atom stereocenters. The van der Waals surface area contributed by atoms with E-state index in [2.05, 4.69) is 11.4 Å². The molecule has 1 amide bonds. The van der Waals surface area contributed by atoms with Gasteiger partial charge < -0.3 is 10.1 Å². The monoisotopic (exact) mass is 236 g/mol. The van der Waals surface area contributed by atoms with Gasteiger partial charge in [-0.1, -0.05) is 6.42 Å². The summed E-state index contributed by atoms with van der Waals surface area (Å²) in [6.07, 6.45) is 4.76. The molecule has 0 aromatic carbocycles. The van der Waals surface area contributed by atoms with Crippen LogP contribution in [0.25, 0.3) is 0 Å².